The van der Waals surface area contributed by atoms with Crippen LogP contribution in [0.1, 0.15) is 11.3 Å². The molecular formula is C16H17N3. The molecule has 1 N–H and O–H groups in total. The van der Waals surface area contributed by atoms with E-state index in [1.807, 2.05) is 24.5 Å². The van der Waals surface area contributed by atoms with Crippen molar-refractivity contribution in [3.8, 4) is 0 Å². The van der Waals surface area contributed by atoms with Gasteiger partial charge in [0, 0.05) is 43.7 Å². The highest BCUT2D eigenvalue weighted by molar-refractivity contribution is 5.81. The lowest BCUT2D eigenvalue weighted by atomic mass is 10.2. The van der Waals surface area contributed by atoms with Crippen molar-refractivity contribution >= 4 is 10.9 Å². The normalized spacial score (nSPS) is 11.0. The predicted octanol–water partition coefficient (Wildman–Crippen LogP) is 2.86. The highest BCUT2D eigenvalue weighted by atomic mass is 15.0. The smallest absolute Gasteiger partial charge is 0.0480 e. The van der Waals surface area contributed by atoms with Gasteiger partial charge in [0.25, 0.3) is 0 Å². The largest absolute Gasteiger partial charge is 0.346 e. The Morgan fingerprint density at radius 2 is 1.84 bits per heavy atom. The molecule has 3 aromatic rings. The van der Waals surface area contributed by atoms with Crippen LogP contribution >= 0.6 is 0 Å². The summed E-state index contributed by atoms with van der Waals surface area (Å²) in [7, 11) is 2.12. The van der Waals surface area contributed by atoms with Crippen LogP contribution in [0.25, 0.3) is 10.9 Å². The van der Waals surface area contributed by atoms with Gasteiger partial charge in [-0.1, -0.05) is 18.2 Å². The van der Waals surface area contributed by atoms with Crippen LogP contribution < -0.4 is 5.32 Å². The summed E-state index contributed by atoms with van der Waals surface area (Å²) in [6.07, 6.45) is 3.65. The third-order valence-corrected chi connectivity index (χ3v) is 3.44. The summed E-state index contributed by atoms with van der Waals surface area (Å²) in [6, 6.07) is 14.8. The van der Waals surface area contributed by atoms with Gasteiger partial charge in [-0.2, -0.15) is 0 Å². The first kappa shape index (κ1) is 11.9. The molecule has 0 atom stereocenters. The zero-order valence-electron chi connectivity index (χ0n) is 11.0. The van der Waals surface area contributed by atoms with Gasteiger partial charge in [-0.3, -0.25) is 4.98 Å². The number of fused-ring (bicyclic) bond motifs is 1. The molecule has 0 bridgehead atoms. The lowest BCUT2D eigenvalue weighted by molar-refractivity contribution is 0.659. The maximum Gasteiger partial charge on any atom is 0.0480 e. The van der Waals surface area contributed by atoms with Crippen molar-refractivity contribution in [2.45, 2.75) is 13.1 Å². The van der Waals surface area contributed by atoms with Crippen LogP contribution in [0, 0.1) is 0 Å². The number of hydrogen-bond acceptors (Lipinski definition) is 2. The van der Waals surface area contributed by atoms with E-state index in [1.165, 1.54) is 22.2 Å². The average molecular weight is 251 g/mol. The molecule has 0 aliphatic rings. The van der Waals surface area contributed by atoms with Crippen LogP contribution in [-0.4, -0.2) is 9.55 Å². The quantitative estimate of drug-likeness (QED) is 0.772. The Labute approximate surface area is 112 Å². The Bertz CT molecular complexity index is 671. The van der Waals surface area contributed by atoms with Gasteiger partial charge in [0.05, 0.1) is 0 Å². The summed E-state index contributed by atoms with van der Waals surface area (Å²) in [5.74, 6) is 0. The predicted molar refractivity (Wildman–Crippen MR) is 77.7 cm³/mol. The molecule has 3 rings (SSSR count). The van der Waals surface area contributed by atoms with Crippen LogP contribution in [0.4, 0.5) is 0 Å². The number of hydrogen-bond donors (Lipinski definition) is 1. The van der Waals surface area contributed by atoms with Crippen molar-refractivity contribution in [3.05, 3.63) is 66.1 Å². The van der Waals surface area contributed by atoms with Gasteiger partial charge in [0.15, 0.2) is 0 Å². The number of benzene rings is 1. The number of aryl methyl sites for hydroxylation is 1. The topological polar surface area (TPSA) is 29.9 Å². The van der Waals surface area contributed by atoms with Gasteiger partial charge in [-0.15, -0.1) is 0 Å². The number of para-hydroxylation sites is 1. The Morgan fingerprint density at radius 3 is 2.63 bits per heavy atom. The van der Waals surface area contributed by atoms with E-state index in [2.05, 4.69) is 52.2 Å². The molecule has 0 aliphatic carbocycles. The molecular weight excluding hydrogens is 234 g/mol. The van der Waals surface area contributed by atoms with Gasteiger partial charge in [0.1, 0.15) is 0 Å². The summed E-state index contributed by atoms with van der Waals surface area (Å²) in [6.45, 7) is 1.73. The van der Waals surface area contributed by atoms with Crippen LogP contribution in [0.2, 0.25) is 0 Å². The first-order valence-electron chi connectivity index (χ1n) is 6.47. The number of nitrogens with zero attached hydrogens (tertiary/aromatic N) is 2. The van der Waals surface area contributed by atoms with E-state index in [0.717, 1.165) is 13.1 Å². The molecule has 3 nitrogen and oxygen atoms in total. The molecule has 19 heavy (non-hydrogen) atoms. The summed E-state index contributed by atoms with van der Waals surface area (Å²) < 4.78 is 2.24. The molecule has 0 saturated heterocycles. The molecule has 96 valence electrons. The third-order valence-electron chi connectivity index (χ3n) is 3.44. The zero-order chi connectivity index (χ0) is 13.1. The Hall–Kier alpha value is -2.13. The van der Waals surface area contributed by atoms with Crippen LogP contribution in [0.15, 0.2) is 54.9 Å². The summed E-state index contributed by atoms with van der Waals surface area (Å²) in [5.41, 5.74) is 3.84. The SMILES string of the molecule is Cn1c(CNCc2ccncc2)cc2ccccc21. The lowest BCUT2D eigenvalue weighted by Crippen LogP contribution is -2.14. The lowest BCUT2D eigenvalue weighted by Gasteiger charge is -2.06. The Morgan fingerprint density at radius 1 is 1.05 bits per heavy atom. The van der Waals surface area contributed by atoms with Crippen molar-refractivity contribution < 1.29 is 0 Å². The van der Waals surface area contributed by atoms with Crippen molar-refractivity contribution in [2.24, 2.45) is 7.05 Å². The molecule has 0 aliphatic heterocycles. The van der Waals surface area contributed by atoms with Crippen molar-refractivity contribution in [2.75, 3.05) is 0 Å². The molecule has 0 spiro atoms. The van der Waals surface area contributed by atoms with Crippen molar-refractivity contribution in [3.63, 3.8) is 0 Å². The second kappa shape index (κ2) is 5.24. The fourth-order valence-electron chi connectivity index (χ4n) is 2.35. The molecule has 2 aromatic heterocycles. The second-order valence-electron chi connectivity index (χ2n) is 4.71. The molecule has 1 aromatic carbocycles. The fourth-order valence-corrected chi connectivity index (χ4v) is 2.35. The molecule has 3 heteroatoms. The summed E-state index contributed by atoms with van der Waals surface area (Å²) in [5, 5.41) is 4.77. The maximum atomic E-state index is 4.02. The number of pyridine rings is 1. The molecule has 2 heterocycles. The first-order valence-corrected chi connectivity index (χ1v) is 6.47. The maximum absolute atomic E-state index is 4.02. The van der Waals surface area contributed by atoms with Gasteiger partial charge in [0.2, 0.25) is 0 Å². The number of nitrogens with one attached hydrogen (secondary N) is 1. The molecule has 0 saturated carbocycles. The van der Waals surface area contributed by atoms with E-state index in [0.29, 0.717) is 0 Å². The first-order chi connectivity index (χ1) is 9.34. The Balaban J connectivity index is 1.70. The highest BCUT2D eigenvalue weighted by Gasteiger charge is 2.04. The number of rotatable bonds is 4. The summed E-state index contributed by atoms with van der Waals surface area (Å²) in [4.78, 5) is 4.02. The fraction of sp³-hybridized carbons (Fsp3) is 0.188. The minimum atomic E-state index is 0.865. The third kappa shape index (κ3) is 2.51. The minimum Gasteiger partial charge on any atom is -0.346 e. The van der Waals surface area contributed by atoms with Crippen LogP contribution in [0.3, 0.4) is 0 Å². The van der Waals surface area contributed by atoms with Crippen molar-refractivity contribution in [1.82, 2.24) is 14.9 Å². The van der Waals surface area contributed by atoms with Crippen LogP contribution in [-0.2, 0) is 20.1 Å². The summed E-state index contributed by atoms with van der Waals surface area (Å²) >= 11 is 0. The van der Waals surface area contributed by atoms with E-state index in [1.54, 1.807) is 0 Å². The molecule has 0 unspecified atom stereocenters. The van der Waals surface area contributed by atoms with Gasteiger partial charge in [-0.05, 0) is 35.2 Å². The molecule has 0 fully saturated rings. The Kier molecular flexibility index (Phi) is 3.29. The standard InChI is InChI=1S/C16H17N3/c1-19-15(10-14-4-2-3-5-16(14)19)12-18-11-13-6-8-17-9-7-13/h2-10,18H,11-12H2,1H3. The van der Waals surface area contributed by atoms with E-state index in [9.17, 15) is 0 Å². The van der Waals surface area contributed by atoms with Gasteiger partial charge < -0.3 is 9.88 Å². The molecule has 0 amide bonds. The van der Waals surface area contributed by atoms with Crippen LogP contribution in [0.5, 0.6) is 0 Å². The second-order valence-corrected chi connectivity index (χ2v) is 4.71. The monoisotopic (exact) mass is 251 g/mol. The minimum absolute atomic E-state index is 0.865. The van der Waals surface area contributed by atoms with E-state index >= 15 is 0 Å². The average Bonchev–Trinajstić information content (AvgIpc) is 2.78. The highest BCUT2D eigenvalue weighted by Crippen LogP contribution is 2.18. The zero-order valence-corrected chi connectivity index (χ0v) is 11.0. The van der Waals surface area contributed by atoms with E-state index in [4.69, 9.17) is 0 Å². The van der Waals surface area contributed by atoms with Gasteiger partial charge >= 0.3 is 0 Å². The number of aromatic nitrogens is 2. The van der Waals surface area contributed by atoms with Crippen molar-refractivity contribution in [1.29, 1.82) is 0 Å². The van der Waals surface area contributed by atoms with E-state index in [-0.39, 0.29) is 0 Å². The van der Waals surface area contributed by atoms with Gasteiger partial charge in [-0.25, -0.2) is 0 Å². The molecule has 0 radical (unpaired) electrons. The van der Waals surface area contributed by atoms with E-state index < -0.39 is 0 Å².